The lowest BCUT2D eigenvalue weighted by Gasteiger charge is -2.43. The molecule has 0 unspecified atom stereocenters. The zero-order chi connectivity index (χ0) is 22.6. The predicted octanol–water partition coefficient (Wildman–Crippen LogP) is -1.60. The van der Waals surface area contributed by atoms with Crippen molar-refractivity contribution in [3.05, 3.63) is 33.1 Å². The van der Waals surface area contributed by atoms with E-state index in [1.165, 1.54) is 0 Å². The minimum Gasteiger partial charge on any atom is -0.467 e. The van der Waals surface area contributed by atoms with Crippen molar-refractivity contribution < 1.29 is 42.9 Å². The van der Waals surface area contributed by atoms with Crippen LogP contribution >= 0.6 is 0 Å². The molecule has 1 aliphatic heterocycles. The Morgan fingerprint density at radius 3 is 1.97 bits per heavy atom. The average molecular weight is 428 g/mol. The van der Waals surface area contributed by atoms with Crippen LogP contribution in [0.2, 0.25) is 0 Å². The van der Waals surface area contributed by atoms with E-state index in [9.17, 15) is 28.8 Å². The molecule has 1 N–H and O–H groups in total. The monoisotopic (exact) mass is 428 g/mol. The van der Waals surface area contributed by atoms with Gasteiger partial charge in [0.25, 0.3) is 5.56 Å². The summed E-state index contributed by atoms with van der Waals surface area (Å²) in [6, 6.07) is 0.988. The van der Waals surface area contributed by atoms with Crippen molar-refractivity contribution >= 4 is 23.9 Å². The molecule has 30 heavy (non-hydrogen) atoms. The minimum absolute atomic E-state index is 0.713. The molecule has 13 heteroatoms. The Balaban J connectivity index is 2.66. The van der Waals surface area contributed by atoms with Crippen molar-refractivity contribution in [2.75, 3.05) is 7.11 Å². The van der Waals surface area contributed by atoms with Crippen LogP contribution < -0.4 is 11.2 Å². The van der Waals surface area contributed by atoms with Gasteiger partial charge in [0.1, 0.15) is 0 Å². The number of esters is 4. The molecule has 2 heterocycles. The first-order valence-electron chi connectivity index (χ1n) is 8.61. The third-order valence-corrected chi connectivity index (χ3v) is 3.98. The van der Waals surface area contributed by atoms with Crippen molar-refractivity contribution in [3.8, 4) is 0 Å². The first-order chi connectivity index (χ1) is 14.0. The number of H-pyrrole nitrogens is 1. The van der Waals surface area contributed by atoms with Crippen LogP contribution in [0.15, 0.2) is 21.9 Å². The van der Waals surface area contributed by atoms with Crippen LogP contribution in [-0.4, -0.2) is 65.0 Å². The summed E-state index contributed by atoms with van der Waals surface area (Å²) >= 11 is 0. The van der Waals surface area contributed by atoms with Crippen LogP contribution in [-0.2, 0) is 42.9 Å². The van der Waals surface area contributed by atoms with Crippen molar-refractivity contribution in [2.24, 2.45) is 0 Å². The summed E-state index contributed by atoms with van der Waals surface area (Å²) in [5.74, 6) is -3.56. The van der Waals surface area contributed by atoms with Crippen molar-refractivity contribution in [1.29, 1.82) is 0 Å². The number of nitrogens with zero attached hydrogens (tertiary/aromatic N) is 1. The maximum atomic E-state index is 12.3. The number of nitrogens with one attached hydrogen (secondary N) is 1. The largest absolute Gasteiger partial charge is 0.467 e. The fourth-order valence-electron chi connectivity index (χ4n) is 2.95. The molecule has 0 bridgehead atoms. The maximum absolute atomic E-state index is 12.3. The third-order valence-electron chi connectivity index (χ3n) is 3.98. The lowest BCUT2D eigenvalue weighted by atomic mass is 9.96. The lowest BCUT2D eigenvalue weighted by Crippen LogP contribution is -2.62. The lowest BCUT2D eigenvalue weighted by molar-refractivity contribution is -0.263. The van der Waals surface area contributed by atoms with E-state index < -0.39 is 65.8 Å². The smallest absolute Gasteiger partial charge is 0.339 e. The molecule has 1 aromatic rings. The maximum Gasteiger partial charge on any atom is 0.339 e. The minimum atomic E-state index is -1.65. The molecule has 1 aliphatic rings. The van der Waals surface area contributed by atoms with Gasteiger partial charge < -0.3 is 23.7 Å². The van der Waals surface area contributed by atoms with Gasteiger partial charge in [0.05, 0.1) is 7.11 Å². The number of aromatic nitrogens is 2. The Morgan fingerprint density at radius 1 is 0.933 bits per heavy atom. The average Bonchev–Trinajstić information content (AvgIpc) is 2.63. The molecule has 164 valence electrons. The van der Waals surface area contributed by atoms with Gasteiger partial charge in [-0.1, -0.05) is 0 Å². The van der Waals surface area contributed by atoms with E-state index in [0.717, 1.165) is 44.7 Å². The molecule has 0 aromatic carbocycles. The van der Waals surface area contributed by atoms with E-state index in [2.05, 4.69) is 4.74 Å². The van der Waals surface area contributed by atoms with Crippen LogP contribution in [0, 0.1) is 0 Å². The SMILES string of the molecule is COC(=O)[C@@H]1O[C@H](n2ccc(=O)[nH]c2=O)[C@H](OC(C)=O)[C@H](OC(C)=O)[C@@H]1OC(C)=O. The summed E-state index contributed by atoms with van der Waals surface area (Å²) in [5, 5.41) is 0. The molecule has 1 aromatic heterocycles. The second-order valence-electron chi connectivity index (χ2n) is 6.21. The number of rotatable bonds is 5. The number of carbonyl (C=O) groups excluding carboxylic acids is 4. The van der Waals surface area contributed by atoms with Gasteiger partial charge in [0.2, 0.25) is 0 Å². The molecular weight excluding hydrogens is 408 g/mol. The highest BCUT2D eigenvalue weighted by Gasteiger charge is 2.55. The Kier molecular flexibility index (Phi) is 7.10. The second kappa shape index (κ2) is 9.35. The third kappa shape index (κ3) is 5.11. The van der Waals surface area contributed by atoms with Crippen molar-refractivity contribution in [1.82, 2.24) is 9.55 Å². The molecule has 13 nitrogen and oxygen atoms in total. The molecule has 0 aliphatic carbocycles. The van der Waals surface area contributed by atoms with Gasteiger partial charge in [-0.05, 0) is 0 Å². The summed E-state index contributed by atoms with van der Waals surface area (Å²) < 4.78 is 26.6. The van der Waals surface area contributed by atoms with E-state index in [4.69, 9.17) is 18.9 Å². The number of carbonyl (C=O) groups is 4. The molecule has 0 saturated carbocycles. The number of hydrogen-bond acceptors (Lipinski definition) is 11. The first-order valence-corrected chi connectivity index (χ1v) is 8.61. The van der Waals surface area contributed by atoms with E-state index in [0.29, 0.717) is 0 Å². The Hall–Kier alpha value is -3.48. The summed E-state index contributed by atoms with van der Waals surface area (Å²) in [5.41, 5.74) is -1.67. The molecule has 2 rings (SSSR count). The van der Waals surface area contributed by atoms with Crippen molar-refractivity contribution in [3.63, 3.8) is 0 Å². The summed E-state index contributed by atoms with van der Waals surface area (Å²) in [7, 11) is 1.04. The Morgan fingerprint density at radius 2 is 1.47 bits per heavy atom. The molecule has 5 atom stereocenters. The van der Waals surface area contributed by atoms with Gasteiger partial charge in [0.15, 0.2) is 30.6 Å². The highest BCUT2D eigenvalue weighted by Crippen LogP contribution is 2.34. The zero-order valence-corrected chi connectivity index (χ0v) is 16.5. The first kappa shape index (κ1) is 22.8. The zero-order valence-electron chi connectivity index (χ0n) is 16.5. The standard InChI is InChI=1S/C17H20N2O11/c1-7(20)27-11-12(28-8(2)21)14(16(24)26-4)30-15(13(11)29-9(3)22)19-6-5-10(23)18-17(19)25/h5-6,11-15H,1-4H3,(H,18,23,25)/t11-,12+,13-,14-,15+/m1/s1. The van der Waals surface area contributed by atoms with E-state index >= 15 is 0 Å². The normalized spacial score (nSPS) is 25.7. The van der Waals surface area contributed by atoms with Crippen LogP contribution in [0.3, 0.4) is 0 Å². The molecule has 1 fully saturated rings. The van der Waals surface area contributed by atoms with Gasteiger partial charge in [-0.2, -0.15) is 0 Å². The predicted molar refractivity (Wildman–Crippen MR) is 93.9 cm³/mol. The summed E-state index contributed by atoms with van der Waals surface area (Å²) in [4.78, 5) is 73.0. The van der Waals surface area contributed by atoms with E-state index in [1.807, 2.05) is 4.98 Å². The van der Waals surface area contributed by atoms with Gasteiger partial charge in [-0.3, -0.25) is 28.7 Å². The fourth-order valence-corrected chi connectivity index (χ4v) is 2.95. The van der Waals surface area contributed by atoms with Gasteiger partial charge in [0, 0.05) is 33.0 Å². The van der Waals surface area contributed by atoms with Crippen LogP contribution in [0.1, 0.15) is 27.0 Å². The van der Waals surface area contributed by atoms with Crippen LogP contribution in [0.4, 0.5) is 0 Å². The molecule has 0 amide bonds. The number of methoxy groups -OCH3 is 1. The van der Waals surface area contributed by atoms with Crippen LogP contribution in [0.5, 0.6) is 0 Å². The Labute approximate surface area is 168 Å². The van der Waals surface area contributed by atoms with E-state index in [-0.39, 0.29) is 0 Å². The highest BCUT2D eigenvalue weighted by molar-refractivity contribution is 5.77. The van der Waals surface area contributed by atoms with Gasteiger partial charge >= 0.3 is 29.6 Å². The van der Waals surface area contributed by atoms with Gasteiger partial charge in [-0.25, -0.2) is 9.59 Å². The van der Waals surface area contributed by atoms with Crippen LogP contribution in [0.25, 0.3) is 0 Å². The molecule has 0 radical (unpaired) electrons. The fraction of sp³-hybridized carbons (Fsp3) is 0.529. The number of ether oxygens (including phenoxy) is 5. The molecular formula is C17H20N2O11. The topological polar surface area (TPSA) is 169 Å². The highest BCUT2D eigenvalue weighted by atomic mass is 16.7. The second-order valence-corrected chi connectivity index (χ2v) is 6.21. The molecule has 1 saturated heterocycles. The van der Waals surface area contributed by atoms with Crippen molar-refractivity contribution in [2.45, 2.75) is 51.4 Å². The van der Waals surface area contributed by atoms with Gasteiger partial charge in [-0.15, -0.1) is 0 Å². The summed E-state index contributed by atoms with van der Waals surface area (Å²) in [6.07, 6.45) is -6.79. The number of aromatic amines is 1. The number of hydrogen-bond donors (Lipinski definition) is 1. The Bertz CT molecular complexity index is 950. The summed E-state index contributed by atoms with van der Waals surface area (Å²) in [6.45, 7) is 3.13. The van der Waals surface area contributed by atoms with E-state index in [1.54, 1.807) is 0 Å². The molecule has 0 spiro atoms. The quantitative estimate of drug-likeness (QED) is 0.423.